The van der Waals surface area contributed by atoms with Gasteiger partial charge >= 0.3 is 6.03 Å². The van der Waals surface area contributed by atoms with E-state index in [4.69, 9.17) is 4.74 Å². The number of nitrogens with one attached hydrogen (secondary N) is 3. The quantitative estimate of drug-likeness (QED) is 0.773. The molecule has 0 bridgehead atoms. The molecule has 0 spiro atoms. The lowest BCUT2D eigenvalue weighted by Crippen LogP contribution is -2.43. The van der Waals surface area contributed by atoms with E-state index in [0.717, 1.165) is 17.9 Å². The van der Waals surface area contributed by atoms with E-state index in [9.17, 15) is 4.79 Å². The Bertz CT molecular complexity index is 434. The third-order valence-corrected chi connectivity index (χ3v) is 2.93. The zero-order valence-electron chi connectivity index (χ0n) is 11.4. The van der Waals surface area contributed by atoms with Gasteiger partial charge in [-0.3, -0.25) is 0 Å². The van der Waals surface area contributed by atoms with E-state index in [1.807, 2.05) is 38.1 Å². The van der Waals surface area contributed by atoms with Crippen LogP contribution in [-0.4, -0.2) is 31.8 Å². The fraction of sp³-hybridized carbons (Fsp3) is 0.500. The molecule has 1 aromatic rings. The SMILES string of the molecule is CC(C)NC(=O)NCC1NCCOc2ccccc21. The molecule has 104 valence electrons. The predicted molar refractivity (Wildman–Crippen MR) is 74.4 cm³/mol. The molecule has 1 heterocycles. The molecule has 0 fully saturated rings. The molecule has 5 nitrogen and oxygen atoms in total. The fourth-order valence-electron chi connectivity index (χ4n) is 2.09. The van der Waals surface area contributed by atoms with Crippen LogP contribution in [0.5, 0.6) is 5.75 Å². The number of ether oxygens (including phenoxy) is 1. The van der Waals surface area contributed by atoms with Gasteiger partial charge in [-0.25, -0.2) is 4.79 Å². The summed E-state index contributed by atoms with van der Waals surface area (Å²) in [4.78, 5) is 11.6. The summed E-state index contributed by atoms with van der Waals surface area (Å²) < 4.78 is 5.66. The molecule has 1 aromatic carbocycles. The van der Waals surface area contributed by atoms with E-state index >= 15 is 0 Å². The molecule has 2 rings (SSSR count). The van der Waals surface area contributed by atoms with Gasteiger partial charge in [0.05, 0.1) is 6.04 Å². The molecule has 0 saturated heterocycles. The van der Waals surface area contributed by atoms with Crippen molar-refractivity contribution in [2.75, 3.05) is 19.7 Å². The number of hydrogen-bond donors (Lipinski definition) is 3. The summed E-state index contributed by atoms with van der Waals surface area (Å²) in [6.07, 6.45) is 0. The first-order valence-electron chi connectivity index (χ1n) is 6.66. The minimum Gasteiger partial charge on any atom is -0.492 e. The molecule has 1 aliphatic heterocycles. The zero-order valence-corrected chi connectivity index (χ0v) is 11.4. The molecule has 1 atom stereocenters. The molecule has 19 heavy (non-hydrogen) atoms. The van der Waals surface area contributed by atoms with Crippen LogP contribution in [0.15, 0.2) is 24.3 Å². The normalized spacial score (nSPS) is 18.2. The van der Waals surface area contributed by atoms with Crippen LogP contribution in [0.1, 0.15) is 25.5 Å². The highest BCUT2D eigenvalue weighted by Crippen LogP contribution is 2.26. The molecule has 0 radical (unpaired) electrons. The highest BCUT2D eigenvalue weighted by atomic mass is 16.5. The average molecular weight is 263 g/mol. The first-order chi connectivity index (χ1) is 9.16. The Labute approximate surface area is 113 Å². The maximum atomic E-state index is 11.6. The number of hydrogen-bond acceptors (Lipinski definition) is 3. The van der Waals surface area contributed by atoms with Gasteiger partial charge in [0.25, 0.3) is 0 Å². The molecule has 2 amide bonds. The summed E-state index contributed by atoms with van der Waals surface area (Å²) in [5, 5.41) is 9.08. The average Bonchev–Trinajstić information content (AvgIpc) is 2.58. The van der Waals surface area contributed by atoms with Crippen LogP contribution in [0.25, 0.3) is 0 Å². The second kappa shape index (κ2) is 6.43. The van der Waals surface area contributed by atoms with E-state index in [1.54, 1.807) is 0 Å². The van der Waals surface area contributed by atoms with Crippen LogP contribution < -0.4 is 20.7 Å². The minimum atomic E-state index is -0.139. The summed E-state index contributed by atoms with van der Waals surface area (Å²) in [6, 6.07) is 8.01. The Hall–Kier alpha value is -1.75. The second-order valence-corrected chi connectivity index (χ2v) is 4.90. The number of fused-ring (bicyclic) bond motifs is 1. The molecule has 0 saturated carbocycles. The Morgan fingerprint density at radius 1 is 1.47 bits per heavy atom. The summed E-state index contributed by atoms with van der Waals surface area (Å²) in [6.45, 7) is 5.83. The molecule has 5 heteroatoms. The van der Waals surface area contributed by atoms with E-state index in [2.05, 4.69) is 16.0 Å². The lowest BCUT2D eigenvalue weighted by molar-refractivity contribution is 0.237. The Kier molecular flexibility index (Phi) is 4.63. The minimum absolute atomic E-state index is 0.0802. The first kappa shape index (κ1) is 13.7. The Morgan fingerprint density at radius 2 is 2.26 bits per heavy atom. The molecule has 3 N–H and O–H groups in total. The Balaban J connectivity index is 1.98. The first-order valence-corrected chi connectivity index (χ1v) is 6.66. The number of amides is 2. The molecule has 1 unspecified atom stereocenters. The zero-order chi connectivity index (χ0) is 13.7. The van der Waals surface area contributed by atoms with Crippen molar-refractivity contribution in [3.63, 3.8) is 0 Å². The van der Waals surface area contributed by atoms with Gasteiger partial charge in [0.2, 0.25) is 0 Å². The summed E-state index contributed by atoms with van der Waals surface area (Å²) in [5.74, 6) is 0.892. The maximum Gasteiger partial charge on any atom is 0.315 e. The summed E-state index contributed by atoms with van der Waals surface area (Å²) in [5.41, 5.74) is 1.09. The second-order valence-electron chi connectivity index (χ2n) is 4.90. The van der Waals surface area contributed by atoms with Crippen molar-refractivity contribution in [2.24, 2.45) is 0 Å². The number of carbonyl (C=O) groups excluding carboxylic acids is 1. The summed E-state index contributed by atoms with van der Waals surface area (Å²) >= 11 is 0. The van der Waals surface area contributed by atoms with Crippen molar-refractivity contribution in [1.82, 2.24) is 16.0 Å². The summed E-state index contributed by atoms with van der Waals surface area (Å²) in [7, 11) is 0. The van der Waals surface area contributed by atoms with Crippen LogP contribution in [0.4, 0.5) is 4.79 Å². The molecule has 1 aliphatic rings. The van der Waals surface area contributed by atoms with Gasteiger partial charge in [0, 0.05) is 24.7 Å². The number of urea groups is 1. The van der Waals surface area contributed by atoms with Crippen LogP contribution >= 0.6 is 0 Å². The largest absolute Gasteiger partial charge is 0.492 e. The smallest absolute Gasteiger partial charge is 0.315 e. The van der Waals surface area contributed by atoms with Crippen LogP contribution in [-0.2, 0) is 0 Å². The number of rotatable bonds is 3. The van der Waals surface area contributed by atoms with Crippen molar-refractivity contribution in [2.45, 2.75) is 25.9 Å². The van der Waals surface area contributed by atoms with Gasteiger partial charge in [-0.15, -0.1) is 0 Å². The van der Waals surface area contributed by atoms with Gasteiger partial charge in [0.15, 0.2) is 0 Å². The van der Waals surface area contributed by atoms with Crippen molar-refractivity contribution < 1.29 is 9.53 Å². The van der Waals surface area contributed by atoms with E-state index in [1.165, 1.54) is 0 Å². The topological polar surface area (TPSA) is 62.4 Å². The number of carbonyl (C=O) groups is 1. The van der Waals surface area contributed by atoms with Crippen molar-refractivity contribution in [3.05, 3.63) is 29.8 Å². The lowest BCUT2D eigenvalue weighted by Gasteiger charge is -2.19. The van der Waals surface area contributed by atoms with Crippen LogP contribution in [0.3, 0.4) is 0 Å². The monoisotopic (exact) mass is 263 g/mol. The van der Waals surface area contributed by atoms with Gasteiger partial charge in [-0.2, -0.15) is 0 Å². The predicted octanol–water partition coefficient (Wildman–Crippen LogP) is 1.42. The number of para-hydroxylation sites is 1. The van der Waals surface area contributed by atoms with Crippen LogP contribution in [0, 0.1) is 0 Å². The van der Waals surface area contributed by atoms with Gasteiger partial charge < -0.3 is 20.7 Å². The Morgan fingerprint density at radius 3 is 3.05 bits per heavy atom. The van der Waals surface area contributed by atoms with Crippen molar-refractivity contribution >= 4 is 6.03 Å². The van der Waals surface area contributed by atoms with Crippen LogP contribution in [0.2, 0.25) is 0 Å². The van der Waals surface area contributed by atoms with Crippen molar-refractivity contribution in [1.29, 1.82) is 0 Å². The number of benzene rings is 1. The third kappa shape index (κ3) is 3.86. The van der Waals surface area contributed by atoms with E-state index < -0.39 is 0 Å². The van der Waals surface area contributed by atoms with E-state index in [-0.39, 0.29) is 18.1 Å². The molecule has 0 aromatic heterocycles. The lowest BCUT2D eigenvalue weighted by atomic mass is 10.1. The molecule has 0 aliphatic carbocycles. The molecular formula is C14H21N3O2. The van der Waals surface area contributed by atoms with Gasteiger partial charge in [0.1, 0.15) is 12.4 Å². The molecular weight excluding hydrogens is 242 g/mol. The highest BCUT2D eigenvalue weighted by Gasteiger charge is 2.19. The van der Waals surface area contributed by atoms with Crippen molar-refractivity contribution in [3.8, 4) is 5.75 Å². The standard InChI is InChI=1S/C14H21N3O2/c1-10(2)17-14(18)16-9-12-11-5-3-4-6-13(11)19-8-7-15-12/h3-6,10,12,15H,7-9H2,1-2H3,(H2,16,17,18). The maximum absolute atomic E-state index is 11.6. The highest BCUT2D eigenvalue weighted by molar-refractivity contribution is 5.74. The van der Waals surface area contributed by atoms with Gasteiger partial charge in [-0.1, -0.05) is 18.2 Å². The van der Waals surface area contributed by atoms with E-state index in [0.29, 0.717) is 13.2 Å². The third-order valence-electron chi connectivity index (χ3n) is 2.93. The fourth-order valence-corrected chi connectivity index (χ4v) is 2.09. The van der Waals surface area contributed by atoms with Gasteiger partial charge in [-0.05, 0) is 19.9 Å².